The molecule has 0 unspecified atom stereocenters. The third-order valence-corrected chi connectivity index (χ3v) is 3.83. The Morgan fingerprint density at radius 3 is 2.90 bits per heavy atom. The molecule has 0 fully saturated rings. The van der Waals surface area contributed by atoms with Crippen molar-refractivity contribution in [2.24, 2.45) is 0 Å². The molecule has 2 aromatic carbocycles. The number of nitrogen functional groups attached to an aromatic ring is 1. The fraction of sp³-hybridized carbons (Fsp3) is 0.188. The first-order chi connectivity index (χ1) is 10.1. The van der Waals surface area contributed by atoms with E-state index in [2.05, 4.69) is 0 Å². The van der Waals surface area contributed by atoms with Crippen molar-refractivity contribution in [2.45, 2.75) is 6.42 Å². The first-order valence-electron chi connectivity index (χ1n) is 6.65. The van der Waals surface area contributed by atoms with Crippen LogP contribution in [0.15, 0.2) is 36.4 Å². The quantitative estimate of drug-likeness (QED) is 0.867. The van der Waals surface area contributed by atoms with Gasteiger partial charge in [0.05, 0.1) is 18.0 Å². The number of fused-ring (bicyclic) bond motifs is 1. The van der Waals surface area contributed by atoms with Crippen LogP contribution in [0.5, 0.6) is 5.75 Å². The van der Waals surface area contributed by atoms with Crippen molar-refractivity contribution in [2.75, 3.05) is 24.3 Å². The number of halogens is 1. The Hall–Kier alpha value is -2.20. The Labute approximate surface area is 128 Å². The van der Waals surface area contributed by atoms with Crippen molar-refractivity contribution < 1.29 is 9.53 Å². The van der Waals surface area contributed by atoms with Crippen LogP contribution < -0.4 is 15.4 Å². The van der Waals surface area contributed by atoms with Crippen LogP contribution in [-0.4, -0.2) is 19.6 Å². The minimum absolute atomic E-state index is 0.126. The van der Waals surface area contributed by atoms with Gasteiger partial charge >= 0.3 is 0 Å². The van der Waals surface area contributed by atoms with Gasteiger partial charge in [-0.3, -0.25) is 4.79 Å². The highest BCUT2D eigenvalue weighted by Crippen LogP contribution is 2.29. The molecule has 0 aromatic heterocycles. The van der Waals surface area contributed by atoms with E-state index in [0.717, 1.165) is 17.7 Å². The fourth-order valence-electron chi connectivity index (χ4n) is 2.43. The SMILES string of the molecule is CN(C(=O)c1ccc2c(c1)CCO2)c1cc(Cl)ccc1N. The second-order valence-electron chi connectivity index (χ2n) is 4.99. The molecular formula is C16H15ClN2O2. The van der Waals surface area contributed by atoms with E-state index < -0.39 is 0 Å². The van der Waals surface area contributed by atoms with Gasteiger partial charge in [-0.15, -0.1) is 0 Å². The Morgan fingerprint density at radius 1 is 1.29 bits per heavy atom. The molecule has 21 heavy (non-hydrogen) atoms. The Bertz CT molecular complexity index is 715. The fourth-order valence-corrected chi connectivity index (χ4v) is 2.60. The van der Waals surface area contributed by atoms with Gasteiger partial charge in [0.1, 0.15) is 5.75 Å². The summed E-state index contributed by atoms with van der Waals surface area (Å²) in [5.41, 5.74) is 8.71. The van der Waals surface area contributed by atoms with Crippen LogP contribution in [0.2, 0.25) is 5.02 Å². The van der Waals surface area contributed by atoms with Gasteiger partial charge < -0.3 is 15.4 Å². The van der Waals surface area contributed by atoms with Gasteiger partial charge in [0, 0.05) is 24.1 Å². The van der Waals surface area contributed by atoms with Crippen LogP contribution in [0, 0.1) is 0 Å². The van der Waals surface area contributed by atoms with Crippen molar-refractivity contribution >= 4 is 28.9 Å². The lowest BCUT2D eigenvalue weighted by Gasteiger charge is -2.20. The first-order valence-corrected chi connectivity index (χ1v) is 7.03. The number of nitrogens with two attached hydrogens (primary N) is 1. The predicted octanol–water partition coefficient (Wildman–Crippen LogP) is 3.13. The van der Waals surface area contributed by atoms with E-state index in [0.29, 0.717) is 28.6 Å². The largest absolute Gasteiger partial charge is 0.493 e. The number of rotatable bonds is 2. The van der Waals surface area contributed by atoms with E-state index in [4.69, 9.17) is 22.1 Å². The molecule has 108 valence electrons. The lowest BCUT2D eigenvalue weighted by atomic mass is 10.1. The van der Waals surface area contributed by atoms with Crippen LogP contribution >= 0.6 is 11.6 Å². The third-order valence-electron chi connectivity index (χ3n) is 3.59. The molecule has 3 rings (SSSR count). The maximum atomic E-state index is 12.6. The summed E-state index contributed by atoms with van der Waals surface area (Å²) in [6, 6.07) is 10.6. The Kier molecular flexibility index (Phi) is 3.47. The molecule has 1 amide bonds. The molecule has 1 aliphatic rings. The number of carbonyl (C=O) groups is 1. The minimum atomic E-state index is -0.126. The molecule has 1 aliphatic heterocycles. The number of carbonyl (C=O) groups excluding carboxylic acids is 1. The molecule has 5 heteroatoms. The zero-order chi connectivity index (χ0) is 15.0. The number of amides is 1. The highest BCUT2D eigenvalue weighted by molar-refractivity contribution is 6.31. The van der Waals surface area contributed by atoms with Crippen LogP contribution in [0.25, 0.3) is 0 Å². The number of ether oxygens (including phenoxy) is 1. The highest BCUT2D eigenvalue weighted by Gasteiger charge is 2.19. The molecule has 0 bridgehead atoms. The summed E-state index contributed by atoms with van der Waals surface area (Å²) < 4.78 is 5.45. The summed E-state index contributed by atoms with van der Waals surface area (Å²) in [6.07, 6.45) is 0.833. The normalized spacial score (nSPS) is 12.7. The van der Waals surface area contributed by atoms with Gasteiger partial charge in [0.2, 0.25) is 0 Å². The van der Waals surface area contributed by atoms with Crippen LogP contribution in [0.1, 0.15) is 15.9 Å². The smallest absolute Gasteiger partial charge is 0.258 e. The molecule has 2 N–H and O–H groups in total. The van der Waals surface area contributed by atoms with Gasteiger partial charge in [-0.25, -0.2) is 0 Å². The highest BCUT2D eigenvalue weighted by atomic mass is 35.5. The lowest BCUT2D eigenvalue weighted by Crippen LogP contribution is -2.27. The number of hydrogen-bond donors (Lipinski definition) is 1. The summed E-state index contributed by atoms with van der Waals surface area (Å²) in [5, 5.41) is 0.543. The predicted molar refractivity (Wildman–Crippen MR) is 84.2 cm³/mol. The second kappa shape index (κ2) is 5.30. The van der Waals surface area contributed by atoms with Crippen molar-refractivity contribution in [3.05, 3.63) is 52.5 Å². The van der Waals surface area contributed by atoms with Crippen molar-refractivity contribution in [1.29, 1.82) is 0 Å². The molecule has 2 aromatic rings. The molecule has 1 heterocycles. The van der Waals surface area contributed by atoms with Crippen LogP contribution in [-0.2, 0) is 6.42 Å². The van der Waals surface area contributed by atoms with Gasteiger partial charge in [-0.05, 0) is 42.0 Å². The average molecular weight is 303 g/mol. The van der Waals surface area contributed by atoms with E-state index in [9.17, 15) is 4.79 Å². The van der Waals surface area contributed by atoms with Crippen molar-refractivity contribution in [3.63, 3.8) is 0 Å². The van der Waals surface area contributed by atoms with E-state index in [-0.39, 0.29) is 5.91 Å². The zero-order valence-corrected chi connectivity index (χ0v) is 12.4. The molecule has 0 spiro atoms. The average Bonchev–Trinajstić information content (AvgIpc) is 2.95. The molecule has 0 saturated heterocycles. The van der Waals surface area contributed by atoms with Crippen molar-refractivity contribution in [1.82, 2.24) is 0 Å². The number of anilines is 2. The van der Waals surface area contributed by atoms with E-state index in [1.807, 2.05) is 12.1 Å². The maximum absolute atomic E-state index is 12.6. The number of benzene rings is 2. The molecule has 4 nitrogen and oxygen atoms in total. The third kappa shape index (κ3) is 2.54. The number of hydrogen-bond acceptors (Lipinski definition) is 3. The molecule has 0 aliphatic carbocycles. The lowest BCUT2D eigenvalue weighted by molar-refractivity contribution is 0.0993. The van der Waals surface area contributed by atoms with Crippen LogP contribution in [0.3, 0.4) is 0 Å². The van der Waals surface area contributed by atoms with E-state index >= 15 is 0 Å². The summed E-state index contributed by atoms with van der Waals surface area (Å²) in [4.78, 5) is 14.1. The van der Waals surface area contributed by atoms with E-state index in [1.165, 1.54) is 4.90 Å². The minimum Gasteiger partial charge on any atom is -0.493 e. The molecule has 0 radical (unpaired) electrons. The maximum Gasteiger partial charge on any atom is 0.258 e. The monoisotopic (exact) mass is 302 g/mol. The number of nitrogens with zero attached hydrogens (tertiary/aromatic N) is 1. The van der Waals surface area contributed by atoms with Gasteiger partial charge in [-0.2, -0.15) is 0 Å². The summed E-state index contributed by atoms with van der Waals surface area (Å²) in [6.45, 7) is 0.671. The molecular weight excluding hydrogens is 288 g/mol. The van der Waals surface area contributed by atoms with E-state index in [1.54, 1.807) is 31.3 Å². The molecule has 0 saturated carbocycles. The Balaban J connectivity index is 1.92. The second-order valence-corrected chi connectivity index (χ2v) is 5.42. The standard InChI is InChI=1S/C16H15ClN2O2/c1-19(14-9-12(17)3-4-13(14)18)16(20)11-2-5-15-10(8-11)6-7-21-15/h2-5,8-9H,6-7,18H2,1H3. The summed E-state index contributed by atoms with van der Waals surface area (Å²) >= 11 is 5.98. The van der Waals surface area contributed by atoms with Gasteiger partial charge in [0.25, 0.3) is 5.91 Å². The summed E-state index contributed by atoms with van der Waals surface area (Å²) in [7, 11) is 1.69. The zero-order valence-electron chi connectivity index (χ0n) is 11.6. The molecule has 0 atom stereocenters. The summed E-state index contributed by atoms with van der Waals surface area (Å²) in [5.74, 6) is 0.732. The van der Waals surface area contributed by atoms with Crippen molar-refractivity contribution in [3.8, 4) is 5.75 Å². The topological polar surface area (TPSA) is 55.6 Å². The van der Waals surface area contributed by atoms with Crippen LogP contribution in [0.4, 0.5) is 11.4 Å². The van der Waals surface area contributed by atoms with Gasteiger partial charge in [-0.1, -0.05) is 11.6 Å². The first kappa shape index (κ1) is 13.8. The van der Waals surface area contributed by atoms with Gasteiger partial charge in [0.15, 0.2) is 0 Å². The Morgan fingerprint density at radius 2 is 2.10 bits per heavy atom.